The quantitative estimate of drug-likeness (QED) is 0.125. The lowest BCUT2D eigenvalue weighted by Crippen LogP contribution is -2.18. The number of unbranched alkanes of at least 4 members (excludes halogenated alkanes) is 5. The van der Waals surface area contributed by atoms with E-state index in [1.54, 1.807) is 24.4 Å². The lowest BCUT2D eigenvalue weighted by atomic mass is 10.0. The van der Waals surface area contributed by atoms with E-state index in [0.29, 0.717) is 22.2 Å². The molecule has 0 fully saturated rings. The molecule has 0 atom stereocenters. The smallest absolute Gasteiger partial charge is 0.272 e. The van der Waals surface area contributed by atoms with E-state index in [9.17, 15) is 9.18 Å². The van der Waals surface area contributed by atoms with Crippen LogP contribution < -0.4 is 10.2 Å². The average Bonchev–Trinajstić information content (AvgIpc) is 2.93. The number of fused-ring (bicyclic) bond motifs is 1. The van der Waals surface area contributed by atoms with Crippen LogP contribution in [-0.2, 0) is 0 Å². The van der Waals surface area contributed by atoms with Gasteiger partial charge in [0.05, 0.1) is 29.6 Å². The van der Waals surface area contributed by atoms with Crippen molar-refractivity contribution in [3.8, 4) is 17.0 Å². The van der Waals surface area contributed by atoms with Crippen molar-refractivity contribution in [1.82, 2.24) is 10.4 Å². The first-order valence-corrected chi connectivity index (χ1v) is 12.9. The highest BCUT2D eigenvalue weighted by atomic mass is 19.1. The van der Waals surface area contributed by atoms with Gasteiger partial charge in [0.2, 0.25) is 0 Å². The molecule has 0 unspecified atom stereocenters. The van der Waals surface area contributed by atoms with E-state index < -0.39 is 0 Å². The Kier molecular flexibility index (Phi) is 9.35. The molecule has 0 aliphatic carbocycles. The second kappa shape index (κ2) is 13.3. The minimum Gasteiger partial charge on any atom is -0.494 e. The number of benzene rings is 3. The maximum Gasteiger partial charge on any atom is 0.272 e. The molecule has 6 heteroatoms. The van der Waals surface area contributed by atoms with E-state index in [4.69, 9.17) is 4.74 Å². The molecule has 0 bridgehead atoms. The number of hydrogen-bond acceptors (Lipinski definition) is 4. The summed E-state index contributed by atoms with van der Waals surface area (Å²) in [7, 11) is 0. The van der Waals surface area contributed by atoms with Crippen LogP contribution in [0.2, 0.25) is 0 Å². The summed E-state index contributed by atoms with van der Waals surface area (Å²) < 4.78 is 19.2. The highest BCUT2D eigenvalue weighted by Crippen LogP contribution is 2.25. The van der Waals surface area contributed by atoms with Gasteiger partial charge in [-0.15, -0.1) is 0 Å². The first-order valence-electron chi connectivity index (χ1n) is 12.9. The fourth-order valence-electron chi connectivity index (χ4n) is 4.08. The zero-order valence-electron chi connectivity index (χ0n) is 21.1. The van der Waals surface area contributed by atoms with Gasteiger partial charge in [-0.3, -0.25) is 4.79 Å². The van der Waals surface area contributed by atoms with Gasteiger partial charge in [-0.1, -0.05) is 57.2 Å². The molecule has 3 aromatic carbocycles. The number of nitrogens with zero attached hydrogens (tertiary/aromatic N) is 2. The molecule has 5 nitrogen and oxygen atoms in total. The number of carbonyl (C=O) groups excluding carboxylic acids is 1. The summed E-state index contributed by atoms with van der Waals surface area (Å²) in [5, 5.41) is 4.86. The maximum atomic E-state index is 13.4. The van der Waals surface area contributed by atoms with Crippen molar-refractivity contribution >= 4 is 23.0 Å². The van der Waals surface area contributed by atoms with Gasteiger partial charge < -0.3 is 4.74 Å². The van der Waals surface area contributed by atoms with Crippen LogP contribution in [0.4, 0.5) is 4.39 Å². The normalized spacial score (nSPS) is 11.2. The van der Waals surface area contributed by atoms with Gasteiger partial charge in [0.1, 0.15) is 11.6 Å². The predicted molar refractivity (Wildman–Crippen MR) is 148 cm³/mol. The number of nitrogens with one attached hydrogen (secondary N) is 1. The Hall–Kier alpha value is -4.06. The summed E-state index contributed by atoms with van der Waals surface area (Å²) >= 11 is 0. The second-order valence-corrected chi connectivity index (χ2v) is 8.96. The predicted octanol–water partition coefficient (Wildman–Crippen LogP) is 7.54. The van der Waals surface area contributed by atoms with Crippen LogP contribution in [0.1, 0.15) is 61.4 Å². The van der Waals surface area contributed by atoms with Crippen LogP contribution in [0.15, 0.2) is 84.0 Å². The molecule has 0 saturated carbocycles. The topological polar surface area (TPSA) is 63.6 Å². The lowest BCUT2D eigenvalue weighted by molar-refractivity contribution is 0.0956. The molecule has 1 aromatic heterocycles. The van der Waals surface area contributed by atoms with Gasteiger partial charge in [0.15, 0.2) is 0 Å². The average molecular weight is 498 g/mol. The number of ether oxygens (including phenoxy) is 1. The fraction of sp³-hybridized carbons (Fsp3) is 0.258. The van der Waals surface area contributed by atoms with Gasteiger partial charge in [-0.05, 0) is 72.6 Å². The van der Waals surface area contributed by atoms with Crippen molar-refractivity contribution in [2.45, 2.75) is 45.4 Å². The molecule has 0 radical (unpaired) electrons. The molecule has 0 saturated heterocycles. The zero-order chi connectivity index (χ0) is 25.9. The Morgan fingerprint density at radius 1 is 0.946 bits per heavy atom. The fourth-order valence-corrected chi connectivity index (χ4v) is 4.08. The van der Waals surface area contributed by atoms with Crippen LogP contribution in [-0.4, -0.2) is 23.7 Å². The van der Waals surface area contributed by atoms with E-state index in [1.165, 1.54) is 44.2 Å². The molecule has 0 aliphatic rings. The van der Waals surface area contributed by atoms with E-state index >= 15 is 0 Å². The number of rotatable bonds is 12. The van der Waals surface area contributed by atoms with Crippen LogP contribution in [0.5, 0.6) is 5.75 Å². The third kappa shape index (κ3) is 7.46. The molecule has 190 valence electrons. The number of halogens is 1. The molecule has 0 spiro atoms. The molecule has 37 heavy (non-hydrogen) atoms. The summed E-state index contributed by atoms with van der Waals surface area (Å²) in [6.45, 7) is 2.94. The standard InChI is InChI=1S/C31H32FN3O2/c1-2-3-4-5-6-9-20-37-26-18-12-23(13-19-26)22-33-35-31(36)28-21-30(24-14-16-25(32)17-15-24)34-29-11-8-7-10-27(28)29/h7-8,10-19,21-22H,2-6,9,20H2,1H3,(H,35,36). The van der Waals surface area contributed by atoms with Crippen molar-refractivity contribution in [3.63, 3.8) is 0 Å². The number of hydrazone groups is 1. The Morgan fingerprint density at radius 3 is 2.46 bits per heavy atom. The van der Waals surface area contributed by atoms with Crippen LogP contribution in [0, 0.1) is 5.82 Å². The molecule has 4 aromatic rings. The SMILES string of the molecule is CCCCCCCCOc1ccc(C=NNC(=O)c2cc(-c3ccc(F)cc3)nc3ccccc23)cc1. The van der Waals surface area contributed by atoms with Crippen LogP contribution >= 0.6 is 0 Å². The van der Waals surface area contributed by atoms with Crippen molar-refractivity contribution in [1.29, 1.82) is 0 Å². The summed E-state index contributed by atoms with van der Waals surface area (Å²) in [6, 6.07) is 22.8. The maximum absolute atomic E-state index is 13.4. The molecule has 4 rings (SSSR count). The first kappa shape index (κ1) is 26.0. The van der Waals surface area contributed by atoms with Gasteiger partial charge in [0, 0.05) is 10.9 Å². The Morgan fingerprint density at radius 2 is 1.68 bits per heavy atom. The van der Waals surface area contributed by atoms with Crippen molar-refractivity contribution < 1.29 is 13.9 Å². The van der Waals surface area contributed by atoms with Gasteiger partial charge in [0.25, 0.3) is 5.91 Å². The number of carbonyl (C=O) groups is 1. The number of aromatic nitrogens is 1. The first-order chi connectivity index (χ1) is 18.1. The lowest BCUT2D eigenvalue weighted by Gasteiger charge is -2.09. The third-order valence-electron chi connectivity index (χ3n) is 6.13. The summed E-state index contributed by atoms with van der Waals surface area (Å²) in [5.74, 6) is 0.151. The number of pyridine rings is 1. The zero-order valence-corrected chi connectivity index (χ0v) is 21.1. The van der Waals surface area contributed by atoms with E-state index in [2.05, 4.69) is 22.4 Å². The Labute approximate surface area is 217 Å². The second-order valence-electron chi connectivity index (χ2n) is 8.96. The molecule has 1 heterocycles. The van der Waals surface area contributed by atoms with Crippen molar-refractivity contribution in [3.05, 3.63) is 95.8 Å². The number of hydrogen-bond donors (Lipinski definition) is 1. The molecule has 1 amide bonds. The van der Waals surface area contributed by atoms with Crippen LogP contribution in [0.25, 0.3) is 22.2 Å². The van der Waals surface area contributed by atoms with Gasteiger partial charge >= 0.3 is 0 Å². The van der Waals surface area contributed by atoms with Crippen molar-refractivity contribution in [2.75, 3.05) is 6.61 Å². The highest BCUT2D eigenvalue weighted by molar-refractivity contribution is 6.07. The minimum absolute atomic E-state index is 0.325. The number of amides is 1. The summed E-state index contributed by atoms with van der Waals surface area (Å²) in [4.78, 5) is 17.7. The highest BCUT2D eigenvalue weighted by Gasteiger charge is 2.13. The monoisotopic (exact) mass is 497 g/mol. The van der Waals surface area contributed by atoms with E-state index in [1.807, 2.05) is 48.5 Å². The van der Waals surface area contributed by atoms with E-state index in [-0.39, 0.29) is 11.7 Å². The molecular weight excluding hydrogens is 465 g/mol. The third-order valence-corrected chi connectivity index (χ3v) is 6.13. The Balaban J connectivity index is 1.37. The van der Waals surface area contributed by atoms with Gasteiger partial charge in [-0.2, -0.15) is 5.10 Å². The van der Waals surface area contributed by atoms with Crippen LogP contribution in [0.3, 0.4) is 0 Å². The van der Waals surface area contributed by atoms with E-state index in [0.717, 1.165) is 29.9 Å². The molecular formula is C31H32FN3O2. The molecule has 0 aliphatic heterocycles. The Bertz CT molecular complexity index is 1340. The minimum atomic E-state index is -0.350. The largest absolute Gasteiger partial charge is 0.494 e. The van der Waals surface area contributed by atoms with Gasteiger partial charge in [-0.25, -0.2) is 14.8 Å². The number of para-hydroxylation sites is 1. The molecule has 1 N–H and O–H groups in total. The van der Waals surface area contributed by atoms with Crippen molar-refractivity contribution in [2.24, 2.45) is 5.10 Å². The summed E-state index contributed by atoms with van der Waals surface area (Å²) in [5.41, 5.74) is 5.90. The summed E-state index contributed by atoms with van der Waals surface area (Å²) in [6.07, 6.45) is 8.98.